The molecule has 2 unspecified atom stereocenters. The van der Waals surface area contributed by atoms with Gasteiger partial charge >= 0.3 is 0 Å². The molecule has 13 heavy (non-hydrogen) atoms. The summed E-state index contributed by atoms with van der Waals surface area (Å²) in [7, 11) is 0. The highest BCUT2D eigenvalue weighted by Gasteiger charge is 2.22. The van der Waals surface area contributed by atoms with Gasteiger partial charge in [-0.1, -0.05) is 6.92 Å². The van der Waals surface area contributed by atoms with Gasteiger partial charge in [0.25, 0.3) is 0 Å². The van der Waals surface area contributed by atoms with Gasteiger partial charge in [-0.2, -0.15) is 0 Å². The molecule has 76 valence electrons. The molecule has 2 aliphatic heterocycles. The van der Waals surface area contributed by atoms with Crippen molar-refractivity contribution in [2.75, 3.05) is 26.2 Å². The zero-order valence-electron chi connectivity index (χ0n) is 8.67. The lowest BCUT2D eigenvalue weighted by Crippen LogP contribution is -2.35. The fraction of sp³-hybridized carbons (Fsp3) is 1.00. The van der Waals surface area contributed by atoms with E-state index in [2.05, 4.69) is 11.8 Å². The van der Waals surface area contributed by atoms with E-state index >= 15 is 0 Å². The molecule has 0 spiro atoms. The molecule has 0 amide bonds. The summed E-state index contributed by atoms with van der Waals surface area (Å²) in [6.45, 7) is 7.06. The van der Waals surface area contributed by atoms with Crippen LogP contribution in [0.5, 0.6) is 0 Å². The summed E-state index contributed by atoms with van der Waals surface area (Å²) >= 11 is 0. The molecule has 0 radical (unpaired) electrons. The summed E-state index contributed by atoms with van der Waals surface area (Å²) in [4.78, 5) is 2.56. The summed E-state index contributed by atoms with van der Waals surface area (Å²) in [6, 6.07) is 0. The third-order valence-corrected chi connectivity index (χ3v) is 3.26. The van der Waals surface area contributed by atoms with E-state index in [1.54, 1.807) is 0 Å². The van der Waals surface area contributed by atoms with Crippen LogP contribution in [-0.4, -0.2) is 37.2 Å². The Hall–Kier alpha value is -0.0800. The lowest BCUT2D eigenvalue weighted by Gasteiger charge is -2.29. The van der Waals surface area contributed by atoms with Crippen molar-refractivity contribution >= 4 is 0 Å². The molecule has 2 aliphatic rings. The highest BCUT2D eigenvalue weighted by molar-refractivity contribution is 4.74. The molecule has 2 fully saturated rings. The number of likely N-dealkylation sites (tertiary alicyclic amines) is 1. The molecule has 0 aliphatic carbocycles. The predicted octanol–water partition coefficient (Wildman–Crippen LogP) is 1.90. The molecule has 2 atom stereocenters. The van der Waals surface area contributed by atoms with E-state index in [1.165, 1.54) is 45.3 Å². The van der Waals surface area contributed by atoms with Crippen molar-refractivity contribution in [3.8, 4) is 0 Å². The van der Waals surface area contributed by atoms with Gasteiger partial charge in [-0.25, -0.2) is 0 Å². The Kier molecular flexibility index (Phi) is 3.23. The van der Waals surface area contributed by atoms with Gasteiger partial charge in [0, 0.05) is 13.2 Å². The van der Waals surface area contributed by atoms with Gasteiger partial charge < -0.3 is 9.64 Å². The second-order valence-corrected chi connectivity index (χ2v) is 4.65. The van der Waals surface area contributed by atoms with Crippen molar-refractivity contribution in [3.05, 3.63) is 0 Å². The second-order valence-electron chi connectivity index (χ2n) is 4.65. The third kappa shape index (κ3) is 2.68. The fourth-order valence-corrected chi connectivity index (χ4v) is 2.33. The quantitative estimate of drug-likeness (QED) is 0.648. The zero-order chi connectivity index (χ0) is 9.10. The normalized spacial score (nSPS) is 36.7. The molecular weight excluding hydrogens is 162 g/mol. The van der Waals surface area contributed by atoms with Gasteiger partial charge in [0.15, 0.2) is 0 Å². The van der Waals surface area contributed by atoms with Crippen molar-refractivity contribution in [1.29, 1.82) is 0 Å². The van der Waals surface area contributed by atoms with E-state index < -0.39 is 0 Å². The van der Waals surface area contributed by atoms with E-state index in [9.17, 15) is 0 Å². The maximum Gasteiger partial charge on any atom is 0.0702 e. The number of ether oxygens (including phenoxy) is 1. The van der Waals surface area contributed by atoms with Gasteiger partial charge in [0.2, 0.25) is 0 Å². The third-order valence-electron chi connectivity index (χ3n) is 3.26. The summed E-state index contributed by atoms with van der Waals surface area (Å²) in [5, 5.41) is 0. The van der Waals surface area contributed by atoms with Crippen LogP contribution in [0.1, 0.15) is 32.6 Å². The lowest BCUT2D eigenvalue weighted by atomic mass is 10.0. The molecule has 2 rings (SSSR count). The predicted molar refractivity (Wildman–Crippen MR) is 53.8 cm³/mol. The molecule has 2 saturated heterocycles. The van der Waals surface area contributed by atoms with E-state index in [-0.39, 0.29) is 0 Å². The average Bonchev–Trinajstić information content (AvgIpc) is 2.62. The van der Waals surface area contributed by atoms with Crippen molar-refractivity contribution in [3.63, 3.8) is 0 Å². The van der Waals surface area contributed by atoms with Crippen LogP contribution in [0, 0.1) is 5.92 Å². The number of nitrogens with zero attached hydrogens (tertiary/aromatic N) is 1. The van der Waals surface area contributed by atoms with E-state index in [4.69, 9.17) is 4.74 Å². The van der Waals surface area contributed by atoms with Gasteiger partial charge in [-0.15, -0.1) is 0 Å². The van der Waals surface area contributed by atoms with Crippen LogP contribution in [0.25, 0.3) is 0 Å². The van der Waals surface area contributed by atoms with Crippen molar-refractivity contribution in [1.82, 2.24) is 4.90 Å². The Morgan fingerprint density at radius 1 is 1.23 bits per heavy atom. The maximum atomic E-state index is 5.81. The Morgan fingerprint density at radius 2 is 2.00 bits per heavy atom. The Morgan fingerprint density at radius 3 is 2.62 bits per heavy atom. The molecule has 0 bridgehead atoms. The van der Waals surface area contributed by atoms with Crippen LogP contribution in [0.4, 0.5) is 0 Å². The molecule has 0 aromatic carbocycles. The SMILES string of the molecule is CC1CCC(CN2CCCC2)OC1. The maximum absolute atomic E-state index is 5.81. The summed E-state index contributed by atoms with van der Waals surface area (Å²) in [5.41, 5.74) is 0. The molecule has 0 aromatic heterocycles. The van der Waals surface area contributed by atoms with E-state index in [0.717, 1.165) is 12.5 Å². The average molecular weight is 183 g/mol. The molecule has 2 heteroatoms. The van der Waals surface area contributed by atoms with Crippen molar-refractivity contribution in [2.45, 2.75) is 38.7 Å². The van der Waals surface area contributed by atoms with Gasteiger partial charge in [0.05, 0.1) is 6.10 Å². The Balaban J connectivity index is 1.69. The van der Waals surface area contributed by atoms with Crippen LogP contribution in [-0.2, 0) is 4.74 Å². The number of rotatable bonds is 2. The number of hydrogen-bond acceptors (Lipinski definition) is 2. The highest BCUT2D eigenvalue weighted by atomic mass is 16.5. The summed E-state index contributed by atoms with van der Waals surface area (Å²) in [6.07, 6.45) is 5.96. The zero-order valence-corrected chi connectivity index (χ0v) is 8.67. The largest absolute Gasteiger partial charge is 0.377 e. The van der Waals surface area contributed by atoms with Gasteiger partial charge in [0.1, 0.15) is 0 Å². The first-order valence-corrected chi connectivity index (χ1v) is 5.68. The minimum Gasteiger partial charge on any atom is -0.377 e. The minimum atomic E-state index is 0.536. The van der Waals surface area contributed by atoms with Gasteiger partial charge in [-0.3, -0.25) is 0 Å². The summed E-state index contributed by atoms with van der Waals surface area (Å²) in [5.74, 6) is 0.787. The second kappa shape index (κ2) is 4.43. The van der Waals surface area contributed by atoms with Crippen LogP contribution < -0.4 is 0 Å². The molecule has 0 saturated carbocycles. The number of hydrogen-bond donors (Lipinski definition) is 0. The van der Waals surface area contributed by atoms with E-state index in [1.807, 2.05) is 0 Å². The Labute approximate surface area is 81.3 Å². The van der Waals surface area contributed by atoms with E-state index in [0.29, 0.717) is 6.10 Å². The van der Waals surface area contributed by atoms with Crippen molar-refractivity contribution in [2.24, 2.45) is 5.92 Å². The van der Waals surface area contributed by atoms with Crippen LogP contribution >= 0.6 is 0 Å². The van der Waals surface area contributed by atoms with Crippen LogP contribution in [0.15, 0.2) is 0 Å². The standard InChI is InChI=1S/C11H21NO/c1-10-4-5-11(13-9-10)8-12-6-2-3-7-12/h10-11H,2-9H2,1H3. The molecule has 0 aromatic rings. The van der Waals surface area contributed by atoms with Crippen LogP contribution in [0.2, 0.25) is 0 Å². The monoisotopic (exact) mass is 183 g/mol. The topological polar surface area (TPSA) is 12.5 Å². The molecule has 2 heterocycles. The van der Waals surface area contributed by atoms with Crippen molar-refractivity contribution < 1.29 is 4.74 Å². The first kappa shape index (κ1) is 9.47. The molecule has 0 N–H and O–H groups in total. The lowest BCUT2D eigenvalue weighted by molar-refractivity contribution is -0.0253. The first-order chi connectivity index (χ1) is 6.34. The molecular formula is C11H21NO. The smallest absolute Gasteiger partial charge is 0.0702 e. The Bertz CT molecular complexity index is 146. The van der Waals surface area contributed by atoms with Gasteiger partial charge in [-0.05, 0) is 44.7 Å². The summed E-state index contributed by atoms with van der Waals surface area (Å²) < 4.78 is 5.81. The first-order valence-electron chi connectivity index (χ1n) is 5.68. The van der Waals surface area contributed by atoms with Crippen LogP contribution in [0.3, 0.4) is 0 Å². The highest BCUT2D eigenvalue weighted by Crippen LogP contribution is 2.20. The minimum absolute atomic E-state index is 0.536. The molecule has 2 nitrogen and oxygen atoms in total. The fourth-order valence-electron chi connectivity index (χ4n) is 2.33.